The second-order valence-corrected chi connectivity index (χ2v) is 7.54. The van der Waals surface area contributed by atoms with Crippen molar-refractivity contribution in [2.24, 2.45) is 11.8 Å². The van der Waals surface area contributed by atoms with Gasteiger partial charge in [-0.3, -0.25) is 4.79 Å². The highest BCUT2D eigenvalue weighted by Crippen LogP contribution is 2.16. The molecule has 20 heavy (non-hydrogen) atoms. The minimum absolute atomic E-state index is 0.0340. The lowest BCUT2D eigenvalue weighted by atomic mass is 9.96. The van der Waals surface area contributed by atoms with Gasteiger partial charge in [0.25, 0.3) is 10.0 Å². The van der Waals surface area contributed by atoms with E-state index in [2.05, 4.69) is 18.6 Å². The third kappa shape index (κ3) is 5.51. The van der Waals surface area contributed by atoms with Crippen LogP contribution in [0, 0.1) is 11.8 Å². The maximum atomic E-state index is 12.0. The molecule has 0 aliphatic heterocycles. The number of carbonyl (C=O) groups is 1. The average molecular weight is 318 g/mol. The number of halogens is 1. The van der Waals surface area contributed by atoms with Crippen molar-refractivity contribution < 1.29 is 13.2 Å². The third-order valence-corrected chi connectivity index (χ3v) is 4.42. The van der Waals surface area contributed by atoms with Crippen molar-refractivity contribution in [3.05, 3.63) is 29.3 Å². The van der Waals surface area contributed by atoms with Gasteiger partial charge in [0.05, 0.1) is 4.90 Å². The molecule has 4 nitrogen and oxygen atoms in total. The van der Waals surface area contributed by atoms with E-state index in [0.29, 0.717) is 10.9 Å². The van der Waals surface area contributed by atoms with Crippen molar-refractivity contribution in [3.8, 4) is 0 Å². The molecular weight excluding hydrogens is 298 g/mol. The number of hydrogen-bond acceptors (Lipinski definition) is 3. The summed E-state index contributed by atoms with van der Waals surface area (Å²) in [5.41, 5.74) is 0. The first-order chi connectivity index (χ1) is 9.20. The number of carbonyl (C=O) groups excluding carboxylic acids is 1. The van der Waals surface area contributed by atoms with Crippen LogP contribution in [-0.2, 0) is 14.8 Å². The molecule has 112 valence electrons. The molecule has 0 saturated heterocycles. The Labute approximate surface area is 125 Å². The van der Waals surface area contributed by atoms with Crippen LogP contribution < -0.4 is 4.72 Å². The van der Waals surface area contributed by atoms with E-state index in [1.807, 2.05) is 6.92 Å². The zero-order chi connectivity index (χ0) is 15.3. The van der Waals surface area contributed by atoms with Gasteiger partial charge in [0.15, 0.2) is 0 Å². The van der Waals surface area contributed by atoms with Gasteiger partial charge in [-0.2, -0.15) is 0 Å². The standard InChI is InChI=1S/C14H20ClNO3S/c1-10(2)8-11(3)9-14(17)16-20(18,19)13-6-4-12(15)5-7-13/h4-7,10-11H,8-9H2,1-3H3,(H,16,17)/t11-/m1/s1. The van der Waals surface area contributed by atoms with Crippen molar-refractivity contribution in [1.82, 2.24) is 4.72 Å². The summed E-state index contributed by atoms with van der Waals surface area (Å²) in [7, 11) is -3.81. The van der Waals surface area contributed by atoms with Crippen LogP contribution in [0.4, 0.5) is 0 Å². The van der Waals surface area contributed by atoms with Gasteiger partial charge in [0.1, 0.15) is 0 Å². The maximum Gasteiger partial charge on any atom is 0.264 e. The van der Waals surface area contributed by atoms with Gasteiger partial charge in [-0.05, 0) is 42.5 Å². The first-order valence-electron chi connectivity index (χ1n) is 6.52. The summed E-state index contributed by atoms with van der Waals surface area (Å²) < 4.78 is 26.1. The Morgan fingerprint density at radius 1 is 1.20 bits per heavy atom. The largest absolute Gasteiger partial charge is 0.274 e. The first kappa shape index (κ1) is 17.0. The molecule has 0 bridgehead atoms. The van der Waals surface area contributed by atoms with Gasteiger partial charge in [-0.15, -0.1) is 0 Å². The van der Waals surface area contributed by atoms with Crippen LogP contribution >= 0.6 is 11.6 Å². The molecule has 0 radical (unpaired) electrons. The summed E-state index contributed by atoms with van der Waals surface area (Å²) in [5.74, 6) is 0.147. The van der Waals surface area contributed by atoms with Gasteiger partial charge < -0.3 is 0 Å². The van der Waals surface area contributed by atoms with E-state index in [0.717, 1.165) is 6.42 Å². The van der Waals surface area contributed by atoms with Crippen molar-refractivity contribution in [2.75, 3.05) is 0 Å². The van der Waals surface area contributed by atoms with Gasteiger partial charge in [0.2, 0.25) is 5.91 Å². The van der Waals surface area contributed by atoms with Crippen molar-refractivity contribution in [2.45, 2.75) is 38.5 Å². The van der Waals surface area contributed by atoms with Crippen LogP contribution in [0.3, 0.4) is 0 Å². The number of hydrogen-bond donors (Lipinski definition) is 1. The van der Waals surface area contributed by atoms with Crippen molar-refractivity contribution >= 4 is 27.5 Å². The minimum atomic E-state index is -3.81. The fourth-order valence-corrected chi connectivity index (χ4v) is 3.19. The van der Waals surface area contributed by atoms with E-state index in [1.165, 1.54) is 24.3 Å². The van der Waals surface area contributed by atoms with Crippen molar-refractivity contribution in [3.63, 3.8) is 0 Å². The van der Waals surface area contributed by atoms with Crippen LogP contribution in [-0.4, -0.2) is 14.3 Å². The molecule has 0 aliphatic carbocycles. The highest BCUT2D eigenvalue weighted by Gasteiger charge is 2.19. The molecule has 6 heteroatoms. The van der Waals surface area contributed by atoms with E-state index in [-0.39, 0.29) is 17.2 Å². The molecule has 0 heterocycles. The Balaban J connectivity index is 2.67. The predicted molar refractivity (Wildman–Crippen MR) is 80.0 cm³/mol. The molecule has 0 fully saturated rings. The molecular formula is C14H20ClNO3S. The Morgan fingerprint density at radius 2 is 1.75 bits per heavy atom. The molecule has 0 unspecified atom stereocenters. The molecule has 1 atom stereocenters. The van der Waals surface area contributed by atoms with Crippen LogP contribution in [0.25, 0.3) is 0 Å². The van der Waals surface area contributed by atoms with E-state index in [4.69, 9.17) is 11.6 Å². The monoisotopic (exact) mass is 317 g/mol. The smallest absolute Gasteiger partial charge is 0.264 e. The molecule has 1 aromatic carbocycles. The normalized spacial score (nSPS) is 13.2. The van der Waals surface area contributed by atoms with Gasteiger partial charge in [0, 0.05) is 11.4 Å². The molecule has 1 aromatic rings. The van der Waals surface area contributed by atoms with Crippen LogP contribution in [0.15, 0.2) is 29.2 Å². The van der Waals surface area contributed by atoms with E-state index in [1.54, 1.807) is 0 Å². The highest BCUT2D eigenvalue weighted by atomic mass is 35.5. The Bertz CT molecular complexity index is 552. The fraction of sp³-hybridized carbons (Fsp3) is 0.500. The van der Waals surface area contributed by atoms with E-state index >= 15 is 0 Å². The zero-order valence-electron chi connectivity index (χ0n) is 11.9. The summed E-state index contributed by atoms with van der Waals surface area (Å²) in [6.45, 7) is 6.08. The fourth-order valence-electron chi connectivity index (χ4n) is 2.07. The number of rotatable bonds is 6. The lowest BCUT2D eigenvalue weighted by Crippen LogP contribution is -2.31. The molecule has 1 amide bonds. The molecule has 0 spiro atoms. The average Bonchev–Trinajstić information content (AvgIpc) is 2.26. The second-order valence-electron chi connectivity index (χ2n) is 5.42. The lowest BCUT2D eigenvalue weighted by Gasteiger charge is -2.13. The highest BCUT2D eigenvalue weighted by molar-refractivity contribution is 7.90. The number of benzene rings is 1. The van der Waals surface area contributed by atoms with Gasteiger partial charge in [-0.1, -0.05) is 32.4 Å². The molecule has 0 aromatic heterocycles. The number of sulfonamides is 1. The van der Waals surface area contributed by atoms with Crippen LogP contribution in [0.5, 0.6) is 0 Å². The Kier molecular flexibility index (Phi) is 6.02. The Hall–Kier alpha value is -1.07. The number of amides is 1. The predicted octanol–water partition coefficient (Wildman–Crippen LogP) is 3.22. The molecule has 0 aliphatic rings. The van der Waals surface area contributed by atoms with Gasteiger partial charge >= 0.3 is 0 Å². The van der Waals surface area contributed by atoms with Crippen molar-refractivity contribution in [1.29, 1.82) is 0 Å². The summed E-state index contributed by atoms with van der Waals surface area (Å²) in [6, 6.07) is 5.69. The Morgan fingerprint density at radius 3 is 2.25 bits per heavy atom. The molecule has 0 saturated carbocycles. The summed E-state index contributed by atoms with van der Waals surface area (Å²) in [4.78, 5) is 11.8. The first-order valence-corrected chi connectivity index (χ1v) is 8.38. The summed E-state index contributed by atoms with van der Waals surface area (Å²) in [5, 5.41) is 0.445. The van der Waals surface area contributed by atoms with Gasteiger partial charge in [-0.25, -0.2) is 13.1 Å². The quantitative estimate of drug-likeness (QED) is 0.876. The summed E-state index contributed by atoms with van der Waals surface area (Å²) in [6.07, 6.45) is 1.08. The SMILES string of the molecule is CC(C)C[C@@H](C)CC(=O)NS(=O)(=O)c1ccc(Cl)cc1. The maximum absolute atomic E-state index is 12.0. The summed E-state index contributed by atoms with van der Waals surface area (Å²) >= 11 is 5.70. The second kappa shape index (κ2) is 7.09. The topological polar surface area (TPSA) is 63.2 Å². The number of nitrogens with one attached hydrogen (secondary N) is 1. The van der Waals surface area contributed by atoms with Crippen LogP contribution in [0.1, 0.15) is 33.6 Å². The van der Waals surface area contributed by atoms with E-state index in [9.17, 15) is 13.2 Å². The zero-order valence-corrected chi connectivity index (χ0v) is 13.5. The minimum Gasteiger partial charge on any atom is -0.274 e. The molecule has 1 N–H and O–H groups in total. The van der Waals surface area contributed by atoms with E-state index < -0.39 is 15.9 Å². The lowest BCUT2D eigenvalue weighted by molar-refractivity contribution is -0.120. The third-order valence-electron chi connectivity index (χ3n) is 2.78. The molecule has 1 rings (SSSR count). The van der Waals surface area contributed by atoms with Crippen LogP contribution in [0.2, 0.25) is 5.02 Å².